The molecule has 0 radical (unpaired) electrons. The number of ether oxygens (including phenoxy) is 1. The van der Waals surface area contributed by atoms with Crippen molar-refractivity contribution in [2.75, 3.05) is 13.7 Å². The standard InChI is InChI=1S/C13H24O/c1-10-6-7-13-11(8-10)4-3-5-12(13)9-14-2/h10-13H,3-9H2,1-2H3/t10-,11?,12?,13?/m1/s1. The molecule has 2 fully saturated rings. The lowest BCUT2D eigenvalue weighted by atomic mass is 9.63. The van der Waals surface area contributed by atoms with Gasteiger partial charge in [0.1, 0.15) is 0 Å². The van der Waals surface area contributed by atoms with E-state index in [9.17, 15) is 0 Å². The predicted molar refractivity (Wildman–Crippen MR) is 59.2 cm³/mol. The predicted octanol–water partition coefficient (Wildman–Crippen LogP) is 3.49. The minimum Gasteiger partial charge on any atom is -0.384 e. The highest BCUT2D eigenvalue weighted by molar-refractivity contribution is 4.86. The lowest BCUT2D eigenvalue weighted by Gasteiger charge is -2.43. The summed E-state index contributed by atoms with van der Waals surface area (Å²) in [5, 5.41) is 0. The zero-order valence-electron chi connectivity index (χ0n) is 9.67. The Morgan fingerprint density at radius 1 is 1.14 bits per heavy atom. The molecule has 82 valence electrons. The molecule has 0 N–H and O–H groups in total. The molecule has 0 aromatic heterocycles. The molecule has 0 aliphatic heterocycles. The fraction of sp³-hybridized carbons (Fsp3) is 1.00. The molecule has 2 rings (SSSR count). The quantitative estimate of drug-likeness (QED) is 0.657. The van der Waals surface area contributed by atoms with Crippen molar-refractivity contribution < 1.29 is 4.74 Å². The molecule has 1 nitrogen and oxygen atoms in total. The normalized spacial score (nSPS) is 43.3. The van der Waals surface area contributed by atoms with Gasteiger partial charge in [-0.2, -0.15) is 0 Å². The summed E-state index contributed by atoms with van der Waals surface area (Å²) >= 11 is 0. The van der Waals surface area contributed by atoms with E-state index in [1.165, 1.54) is 38.5 Å². The Hall–Kier alpha value is -0.0400. The molecular formula is C13H24O. The van der Waals surface area contributed by atoms with Gasteiger partial charge in [-0.3, -0.25) is 0 Å². The van der Waals surface area contributed by atoms with Gasteiger partial charge in [-0.1, -0.05) is 26.2 Å². The molecule has 2 saturated carbocycles. The molecule has 4 atom stereocenters. The molecular weight excluding hydrogens is 172 g/mol. The third-order valence-electron chi connectivity index (χ3n) is 4.44. The van der Waals surface area contributed by atoms with Crippen molar-refractivity contribution in [1.82, 2.24) is 0 Å². The first kappa shape index (κ1) is 10.5. The van der Waals surface area contributed by atoms with Gasteiger partial charge in [-0.15, -0.1) is 0 Å². The van der Waals surface area contributed by atoms with Crippen molar-refractivity contribution in [3.05, 3.63) is 0 Å². The zero-order valence-corrected chi connectivity index (χ0v) is 9.67. The van der Waals surface area contributed by atoms with Crippen LogP contribution >= 0.6 is 0 Å². The highest BCUT2D eigenvalue weighted by Gasteiger charge is 2.36. The summed E-state index contributed by atoms with van der Waals surface area (Å²) in [5.74, 6) is 3.90. The molecule has 0 aromatic rings. The maximum Gasteiger partial charge on any atom is 0.0493 e. The summed E-state index contributed by atoms with van der Waals surface area (Å²) in [5.41, 5.74) is 0. The van der Waals surface area contributed by atoms with Gasteiger partial charge in [0.25, 0.3) is 0 Å². The lowest BCUT2D eigenvalue weighted by molar-refractivity contribution is 0.0286. The Bertz CT molecular complexity index is 169. The largest absolute Gasteiger partial charge is 0.384 e. The lowest BCUT2D eigenvalue weighted by Crippen LogP contribution is -2.35. The van der Waals surface area contributed by atoms with E-state index in [2.05, 4.69) is 6.92 Å². The molecule has 1 heteroatoms. The van der Waals surface area contributed by atoms with Crippen LogP contribution in [0.4, 0.5) is 0 Å². The fourth-order valence-electron chi connectivity index (χ4n) is 3.75. The Morgan fingerprint density at radius 2 is 2.00 bits per heavy atom. The first-order chi connectivity index (χ1) is 6.81. The second-order valence-electron chi connectivity index (χ2n) is 5.49. The Labute approximate surface area is 88.2 Å². The minimum absolute atomic E-state index is 0.881. The molecule has 0 saturated heterocycles. The highest BCUT2D eigenvalue weighted by Crippen LogP contribution is 2.45. The summed E-state index contributed by atoms with van der Waals surface area (Å²) < 4.78 is 5.36. The van der Waals surface area contributed by atoms with Crippen LogP contribution in [-0.4, -0.2) is 13.7 Å². The first-order valence-electron chi connectivity index (χ1n) is 6.30. The van der Waals surface area contributed by atoms with E-state index in [-0.39, 0.29) is 0 Å². The van der Waals surface area contributed by atoms with Crippen molar-refractivity contribution in [3.63, 3.8) is 0 Å². The summed E-state index contributed by atoms with van der Waals surface area (Å²) in [6, 6.07) is 0. The molecule has 2 aliphatic rings. The van der Waals surface area contributed by atoms with Crippen LogP contribution in [0.15, 0.2) is 0 Å². The van der Waals surface area contributed by atoms with Gasteiger partial charge in [0, 0.05) is 13.7 Å². The van der Waals surface area contributed by atoms with Gasteiger partial charge in [0.05, 0.1) is 0 Å². The molecule has 0 heterocycles. The Morgan fingerprint density at radius 3 is 2.79 bits per heavy atom. The van der Waals surface area contributed by atoms with Crippen LogP contribution in [0.3, 0.4) is 0 Å². The number of methoxy groups -OCH3 is 1. The van der Waals surface area contributed by atoms with E-state index in [0.29, 0.717) is 0 Å². The Balaban J connectivity index is 1.95. The van der Waals surface area contributed by atoms with Crippen LogP contribution < -0.4 is 0 Å². The topological polar surface area (TPSA) is 9.23 Å². The average molecular weight is 196 g/mol. The van der Waals surface area contributed by atoms with E-state index < -0.39 is 0 Å². The van der Waals surface area contributed by atoms with E-state index in [1.54, 1.807) is 0 Å². The zero-order chi connectivity index (χ0) is 9.97. The maximum absolute atomic E-state index is 5.36. The molecule has 0 bridgehead atoms. The molecule has 2 aliphatic carbocycles. The van der Waals surface area contributed by atoms with Crippen LogP contribution in [0.2, 0.25) is 0 Å². The number of hydrogen-bond donors (Lipinski definition) is 0. The smallest absolute Gasteiger partial charge is 0.0493 e. The van der Waals surface area contributed by atoms with Crippen LogP contribution in [0, 0.1) is 23.7 Å². The van der Waals surface area contributed by atoms with Gasteiger partial charge in [0.15, 0.2) is 0 Å². The molecule has 0 aromatic carbocycles. The number of fused-ring (bicyclic) bond motifs is 1. The number of rotatable bonds is 2. The monoisotopic (exact) mass is 196 g/mol. The fourth-order valence-corrected chi connectivity index (χ4v) is 3.75. The van der Waals surface area contributed by atoms with Crippen LogP contribution in [0.1, 0.15) is 45.4 Å². The van der Waals surface area contributed by atoms with Crippen molar-refractivity contribution in [3.8, 4) is 0 Å². The average Bonchev–Trinajstić information content (AvgIpc) is 2.18. The highest BCUT2D eigenvalue weighted by atomic mass is 16.5. The Kier molecular flexibility index (Phi) is 3.48. The van der Waals surface area contributed by atoms with Crippen molar-refractivity contribution in [2.24, 2.45) is 23.7 Å². The summed E-state index contributed by atoms with van der Waals surface area (Å²) in [4.78, 5) is 0. The van der Waals surface area contributed by atoms with Gasteiger partial charge in [-0.25, -0.2) is 0 Å². The minimum atomic E-state index is 0.881. The maximum atomic E-state index is 5.36. The third-order valence-corrected chi connectivity index (χ3v) is 4.44. The van der Waals surface area contributed by atoms with Crippen LogP contribution in [0.5, 0.6) is 0 Å². The van der Waals surface area contributed by atoms with Crippen molar-refractivity contribution >= 4 is 0 Å². The summed E-state index contributed by atoms with van der Waals surface area (Å²) in [6.45, 7) is 3.44. The molecule has 0 amide bonds. The van der Waals surface area contributed by atoms with E-state index in [1.807, 2.05) is 7.11 Å². The molecule has 0 spiro atoms. The molecule has 3 unspecified atom stereocenters. The van der Waals surface area contributed by atoms with Gasteiger partial charge >= 0.3 is 0 Å². The molecule has 14 heavy (non-hydrogen) atoms. The van der Waals surface area contributed by atoms with Crippen LogP contribution in [0.25, 0.3) is 0 Å². The van der Waals surface area contributed by atoms with E-state index in [4.69, 9.17) is 4.74 Å². The van der Waals surface area contributed by atoms with Gasteiger partial charge in [0.2, 0.25) is 0 Å². The van der Waals surface area contributed by atoms with Gasteiger partial charge in [-0.05, 0) is 42.9 Å². The van der Waals surface area contributed by atoms with Gasteiger partial charge < -0.3 is 4.74 Å². The van der Waals surface area contributed by atoms with Crippen LogP contribution in [-0.2, 0) is 4.74 Å². The second kappa shape index (κ2) is 4.65. The van der Waals surface area contributed by atoms with Crippen molar-refractivity contribution in [2.45, 2.75) is 45.4 Å². The summed E-state index contributed by atoms with van der Waals surface area (Å²) in [6.07, 6.45) is 8.78. The van der Waals surface area contributed by atoms with E-state index in [0.717, 1.165) is 30.3 Å². The van der Waals surface area contributed by atoms with Crippen molar-refractivity contribution in [1.29, 1.82) is 0 Å². The third kappa shape index (κ3) is 2.13. The number of hydrogen-bond acceptors (Lipinski definition) is 1. The summed E-state index contributed by atoms with van der Waals surface area (Å²) in [7, 11) is 1.86. The van der Waals surface area contributed by atoms with E-state index >= 15 is 0 Å². The SMILES string of the molecule is COCC1CCCC2C[C@H](C)CCC12. The second-order valence-corrected chi connectivity index (χ2v) is 5.49. The first-order valence-corrected chi connectivity index (χ1v) is 6.30.